The molecule has 0 unspecified atom stereocenters. The highest BCUT2D eigenvalue weighted by Gasteiger charge is 2.24. The van der Waals surface area contributed by atoms with Gasteiger partial charge in [-0.15, -0.1) is 0 Å². The standard InChI is InChI=1S/C15H20Cl2N2O2/c1-10(14-4-3-7-21-14)18-15(20)19(2)9-11-5-6-12(16)8-13(11)17/h5-6,8,10,14H,3-4,7,9H2,1-2H3,(H,18,20)/t10-,14-/m0/s1. The molecule has 2 amide bonds. The van der Waals surface area contributed by atoms with Crippen LogP contribution < -0.4 is 5.32 Å². The van der Waals surface area contributed by atoms with E-state index < -0.39 is 0 Å². The van der Waals surface area contributed by atoms with Gasteiger partial charge in [0.1, 0.15) is 0 Å². The van der Waals surface area contributed by atoms with E-state index in [4.69, 9.17) is 27.9 Å². The number of nitrogens with one attached hydrogen (secondary N) is 1. The smallest absolute Gasteiger partial charge is 0.317 e. The number of hydrogen-bond acceptors (Lipinski definition) is 2. The van der Waals surface area contributed by atoms with Crippen LogP contribution in [0.15, 0.2) is 18.2 Å². The summed E-state index contributed by atoms with van der Waals surface area (Å²) in [6.07, 6.45) is 2.16. The van der Waals surface area contributed by atoms with Gasteiger partial charge in [0.25, 0.3) is 0 Å². The molecule has 2 atom stereocenters. The quantitative estimate of drug-likeness (QED) is 0.914. The second-order valence-corrected chi connectivity index (χ2v) is 6.23. The van der Waals surface area contributed by atoms with E-state index in [0.29, 0.717) is 16.6 Å². The van der Waals surface area contributed by atoms with E-state index in [1.54, 1.807) is 24.1 Å². The van der Waals surface area contributed by atoms with Crippen LogP contribution in [0.25, 0.3) is 0 Å². The van der Waals surface area contributed by atoms with Crippen molar-refractivity contribution >= 4 is 29.2 Å². The fourth-order valence-corrected chi connectivity index (χ4v) is 2.84. The first-order valence-electron chi connectivity index (χ1n) is 7.04. The van der Waals surface area contributed by atoms with Crippen LogP contribution in [0.1, 0.15) is 25.3 Å². The van der Waals surface area contributed by atoms with Crippen LogP contribution in [0, 0.1) is 0 Å². The van der Waals surface area contributed by atoms with E-state index in [1.165, 1.54) is 0 Å². The molecular formula is C15H20Cl2N2O2. The molecule has 116 valence electrons. The molecule has 1 aliphatic rings. The Morgan fingerprint density at radius 1 is 1.52 bits per heavy atom. The summed E-state index contributed by atoms with van der Waals surface area (Å²) in [4.78, 5) is 13.8. The fraction of sp³-hybridized carbons (Fsp3) is 0.533. The van der Waals surface area contributed by atoms with Gasteiger partial charge in [0.05, 0.1) is 12.1 Å². The molecule has 21 heavy (non-hydrogen) atoms. The topological polar surface area (TPSA) is 41.6 Å². The molecule has 1 aromatic carbocycles. The molecule has 1 aromatic rings. The summed E-state index contributed by atoms with van der Waals surface area (Å²) in [5, 5.41) is 4.12. The highest BCUT2D eigenvalue weighted by atomic mass is 35.5. The third kappa shape index (κ3) is 4.50. The van der Waals surface area contributed by atoms with Crippen molar-refractivity contribution in [3.63, 3.8) is 0 Å². The van der Waals surface area contributed by atoms with Crippen molar-refractivity contribution in [3.8, 4) is 0 Å². The zero-order valence-electron chi connectivity index (χ0n) is 12.2. The van der Waals surface area contributed by atoms with Gasteiger partial charge in [-0.25, -0.2) is 4.79 Å². The Hall–Kier alpha value is -0.970. The van der Waals surface area contributed by atoms with Gasteiger partial charge in [0, 0.05) is 30.2 Å². The van der Waals surface area contributed by atoms with Crippen molar-refractivity contribution < 1.29 is 9.53 Å². The van der Waals surface area contributed by atoms with Gasteiger partial charge in [-0.3, -0.25) is 0 Å². The minimum absolute atomic E-state index is 0.00291. The lowest BCUT2D eigenvalue weighted by molar-refractivity contribution is 0.0838. The van der Waals surface area contributed by atoms with E-state index in [1.807, 2.05) is 13.0 Å². The number of ether oxygens (including phenoxy) is 1. The molecule has 4 nitrogen and oxygen atoms in total. The summed E-state index contributed by atoms with van der Waals surface area (Å²) >= 11 is 12.0. The maximum Gasteiger partial charge on any atom is 0.317 e. The van der Waals surface area contributed by atoms with Crippen LogP contribution in [0.3, 0.4) is 0 Å². The second-order valence-electron chi connectivity index (χ2n) is 5.38. The monoisotopic (exact) mass is 330 g/mol. The van der Waals surface area contributed by atoms with Gasteiger partial charge < -0.3 is 15.0 Å². The molecule has 0 aliphatic carbocycles. The van der Waals surface area contributed by atoms with Crippen LogP contribution in [-0.4, -0.2) is 36.7 Å². The second kappa shape index (κ2) is 7.34. The molecule has 0 bridgehead atoms. The highest BCUT2D eigenvalue weighted by molar-refractivity contribution is 6.35. The maximum atomic E-state index is 12.2. The first kappa shape index (κ1) is 16.4. The maximum absolute atomic E-state index is 12.2. The number of nitrogens with zero attached hydrogens (tertiary/aromatic N) is 1. The van der Waals surface area contributed by atoms with Gasteiger partial charge >= 0.3 is 6.03 Å². The number of carbonyl (C=O) groups is 1. The van der Waals surface area contributed by atoms with Crippen molar-refractivity contribution in [2.75, 3.05) is 13.7 Å². The van der Waals surface area contributed by atoms with Gasteiger partial charge in [0.15, 0.2) is 0 Å². The predicted molar refractivity (Wildman–Crippen MR) is 84.9 cm³/mol. The predicted octanol–water partition coefficient (Wildman–Crippen LogP) is 3.70. The molecule has 1 aliphatic heterocycles. The van der Waals surface area contributed by atoms with Crippen molar-refractivity contribution in [2.45, 2.75) is 38.5 Å². The first-order valence-corrected chi connectivity index (χ1v) is 7.80. The Morgan fingerprint density at radius 2 is 2.29 bits per heavy atom. The molecule has 2 rings (SSSR count). The Morgan fingerprint density at radius 3 is 2.90 bits per heavy atom. The van der Waals surface area contributed by atoms with Gasteiger partial charge in [0.2, 0.25) is 0 Å². The Labute approximate surface area is 135 Å². The molecule has 0 radical (unpaired) electrons. The Kier molecular flexibility index (Phi) is 5.73. The number of rotatable bonds is 4. The van der Waals surface area contributed by atoms with Crippen LogP contribution in [-0.2, 0) is 11.3 Å². The number of hydrogen-bond donors (Lipinski definition) is 1. The summed E-state index contributed by atoms with van der Waals surface area (Å²) in [5.41, 5.74) is 0.864. The third-order valence-electron chi connectivity index (χ3n) is 3.64. The Balaban J connectivity index is 1.89. The van der Waals surface area contributed by atoms with Crippen molar-refractivity contribution in [3.05, 3.63) is 33.8 Å². The summed E-state index contributed by atoms with van der Waals surface area (Å²) in [5.74, 6) is 0. The lowest BCUT2D eigenvalue weighted by Gasteiger charge is -2.24. The molecular weight excluding hydrogens is 311 g/mol. The van der Waals surface area contributed by atoms with E-state index in [9.17, 15) is 4.79 Å². The lowest BCUT2D eigenvalue weighted by Crippen LogP contribution is -2.46. The van der Waals surface area contributed by atoms with Gasteiger partial charge in [-0.1, -0.05) is 29.3 Å². The third-order valence-corrected chi connectivity index (χ3v) is 4.23. The minimum atomic E-state index is -0.135. The molecule has 1 N–H and O–H groups in total. The highest BCUT2D eigenvalue weighted by Crippen LogP contribution is 2.22. The SMILES string of the molecule is C[C@H](NC(=O)N(C)Cc1ccc(Cl)cc1Cl)[C@@H]1CCCO1. The van der Waals surface area contributed by atoms with Gasteiger partial charge in [-0.05, 0) is 37.5 Å². The van der Waals surface area contributed by atoms with Crippen LogP contribution >= 0.6 is 23.2 Å². The summed E-state index contributed by atoms with van der Waals surface area (Å²) in [7, 11) is 1.74. The lowest BCUT2D eigenvalue weighted by atomic mass is 10.1. The normalized spacial score (nSPS) is 19.3. The molecule has 0 saturated carbocycles. The summed E-state index contributed by atoms with van der Waals surface area (Å²) in [6.45, 7) is 3.18. The number of carbonyl (C=O) groups excluding carboxylic acids is 1. The summed E-state index contributed by atoms with van der Waals surface area (Å²) < 4.78 is 5.58. The minimum Gasteiger partial charge on any atom is -0.376 e. The fourth-order valence-electron chi connectivity index (χ4n) is 2.37. The largest absolute Gasteiger partial charge is 0.376 e. The van der Waals surface area contributed by atoms with Crippen molar-refractivity contribution in [1.29, 1.82) is 0 Å². The van der Waals surface area contributed by atoms with Crippen LogP contribution in [0.4, 0.5) is 4.79 Å². The van der Waals surface area contributed by atoms with Crippen LogP contribution in [0.5, 0.6) is 0 Å². The molecule has 1 fully saturated rings. The molecule has 6 heteroatoms. The molecule has 0 spiro atoms. The van der Waals surface area contributed by atoms with Crippen molar-refractivity contribution in [1.82, 2.24) is 10.2 Å². The van der Waals surface area contributed by atoms with Gasteiger partial charge in [-0.2, -0.15) is 0 Å². The zero-order valence-corrected chi connectivity index (χ0v) is 13.7. The van der Waals surface area contributed by atoms with E-state index >= 15 is 0 Å². The number of amides is 2. The molecule has 1 heterocycles. The van der Waals surface area contributed by atoms with E-state index in [0.717, 1.165) is 25.0 Å². The van der Waals surface area contributed by atoms with E-state index in [-0.39, 0.29) is 18.2 Å². The van der Waals surface area contributed by atoms with E-state index in [2.05, 4.69) is 5.32 Å². The first-order chi connectivity index (χ1) is 9.97. The number of urea groups is 1. The number of halogens is 2. The summed E-state index contributed by atoms with van der Waals surface area (Å²) in [6, 6.07) is 5.15. The number of benzene rings is 1. The van der Waals surface area contributed by atoms with Crippen molar-refractivity contribution in [2.24, 2.45) is 0 Å². The Bertz CT molecular complexity index is 504. The molecule has 1 saturated heterocycles. The molecule has 0 aromatic heterocycles. The average molecular weight is 331 g/mol. The zero-order chi connectivity index (χ0) is 15.4. The average Bonchev–Trinajstić information content (AvgIpc) is 2.95. The van der Waals surface area contributed by atoms with Crippen LogP contribution in [0.2, 0.25) is 10.0 Å².